The highest BCUT2D eigenvalue weighted by molar-refractivity contribution is 6.00. The number of para-hydroxylation sites is 1. The van der Waals surface area contributed by atoms with E-state index in [0.717, 1.165) is 22.5 Å². The Balaban J connectivity index is 1.40. The summed E-state index contributed by atoms with van der Waals surface area (Å²) in [5, 5.41) is 7.60. The molecular weight excluding hydrogens is 346 g/mol. The Morgan fingerprint density at radius 1 is 0.821 bits per heavy atom. The first kappa shape index (κ1) is 17.7. The van der Waals surface area contributed by atoms with Crippen LogP contribution in [0.15, 0.2) is 97.2 Å². The van der Waals surface area contributed by atoms with Crippen molar-refractivity contribution >= 4 is 5.91 Å². The average Bonchev–Trinajstić information content (AvgIpc) is 3.24. The third-order valence-electron chi connectivity index (χ3n) is 4.59. The largest absolute Gasteiger partial charge is 0.352 e. The molecule has 4 nitrogen and oxygen atoms in total. The highest BCUT2D eigenvalue weighted by atomic mass is 16.1. The molecule has 0 fully saturated rings. The smallest absolute Gasteiger partial charge is 0.251 e. The van der Waals surface area contributed by atoms with Gasteiger partial charge in [-0.1, -0.05) is 66.7 Å². The number of hydrogen-bond donors (Lipinski definition) is 1. The summed E-state index contributed by atoms with van der Waals surface area (Å²) in [5.41, 5.74) is 4.63. The first-order valence-corrected chi connectivity index (χ1v) is 9.34. The number of hydrogen-bond acceptors (Lipinski definition) is 2. The standard InChI is InChI=1S/C24H21N3O/c28-24(23-14-8-7-13-22(23)19-9-3-1-4-10-19)25-17-15-20-16-18-27(26-20)21-11-5-2-6-12-21/h1-14,16,18H,15,17H2,(H,25,28). The summed E-state index contributed by atoms with van der Waals surface area (Å²) >= 11 is 0. The summed E-state index contributed by atoms with van der Waals surface area (Å²) in [4.78, 5) is 12.7. The van der Waals surface area contributed by atoms with E-state index >= 15 is 0 Å². The Labute approximate surface area is 164 Å². The molecule has 3 aromatic carbocycles. The first-order chi connectivity index (χ1) is 13.8. The van der Waals surface area contributed by atoms with Gasteiger partial charge in [0.05, 0.1) is 11.4 Å². The summed E-state index contributed by atoms with van der Waals surface area (Å²) in [5.74, 6) is -0.0676. The topological polar surface area (TPSA) is 46.9 Å². The molecule has 0 radical (unpaired) electrons. The van der Waals surface area contributed by atoms with Gasteiger partial charge >= 0.3 is 0 Å². The van der Waals surface area contributed by atoms with Gasteiger partial charge in [-0.3, -0.25) is 4.79 Å². The molecule has 0 saturated heterocycles. The van der Waals surface area contributed by atoms with E-state index in [9.17, 15) is 4.79 Å². The third-order valence-corrected chi connectivity index (χ3v) is 4.59. The molecule has 0 bridgehead atoms. The van der Waals surface area contributed by atoms with E-state index in [1.165, 1.54) is 0 Å². The Morgan fingerprint density at radius 2 is 1.50 bits per heavy atom. The van der Waals surface area contributed by atoms with Crippen LogP contribution >= 0.6 is 0 Å². The molecule has 4 heteroatoms. The second-order valence-electron chi connectivity index (χ2n) is 6.50. The fourth-order valence-corrected chi connectivity index (χ4v) is 3.17. The van der Waals surface area contributed by atoms with Crippen LogP contribution in [-0.2, 0) is 6.42 Å². The maximum absolute atomic E-state index is 12.7. The molecule has 4 aromatic rings. The summed E-state index contributed by atoms with van der Waals surface area (Å²) in [6, 6.07) is 29.6. The molecule has 0 saturated carbocycles. The maximum atomic E-state index is 12.7. The molecule has 0 spiro atoms. The van der Waals surface area contributed by atoms with Crippen LogP contribution < -0.4 is 5.32 Å². The van der Waals surface area contributed by atoms with E-state index in [2.05, 4.69) is 10.4 Å². The van der Waals surface area contributed by atoms with Gasteiger partial charge < -0.3 is 5.32 Å². The van der Waals surface area contributed by atoms with Crippen molar-refractivity contribution in [2.45, 2.75) is 6.42 Å². The van der Waals surface area contributed by atoms with E-state index < -0.39 is 0 Å². The van der Waals surface area contributed by atoms with Gasteiger partial charge in [-0.2, -0.15) is 5.10 Å². The zero-order chi connectivity index (χ0) is 19.2. The number of carbonyl (C=O) groups excluding carboxylic acids is 1. The molecule has 0 aliphatic rings. The summed E-state index contributed by atoms with van der Waals surface area (Å²) in [7, 11) is 0. The van der Waals surface area contributed by atoms with Gasteiger partial charge in [0.1, 0.15) is 0 Å². The number of nitrogens with one attached hydrogen (secondary N) is 1. The fraction of sp³-hybridized carbons (Fsp3) is 0.0833. The van der Waals surface area contributed by atoms with Crippen LogP contribution in [0.25, 0.3) is 16.8 Å². The molecule has 0 unspecified atom stereocenters. The first-order valence-electron chi connectivity index (χ1n) is 9.34. The van der Waals surface area contributed by atoms with E-state index in [0.29, 0.717) is 18.5 Å². The monoisotopic (exact) mass is 367 g/mol. The molecule has 1 amide bonds. The lowest BCUT2D eigenvalue weighted by Crippen LogP contribution is -2.26. The van der Waals surface area contributed by atoms with Crippen LogP contribution in [0.5, 0.6) is 0 Å². The Morgan fingerprint density at radius 3 is 2.29 bits per heavy atom. The summed E-state index contributed by atoms with van der Waals surface area (Å²) in [6.07, 6.45) is 2.62. The quantitative estimate of drug-likeness (QED) is 0.545. The molecule has 4 rings (SSSR count). The van der Waals surface area contributed by atoms with E-state index in [1.54, 1.807) is 0 Å². The van der Waals surface area contributed by atoms with Crippen LogP contribution in [0, 0.1) is 0 Å². The molecule has 0 aliphatic carbocycles. The van der Waals surface area contributed by atoms with Crippen LogP contribution in [0.1, 0.15) is 16.1 Å². The SMILES string of the molecule is O=C(NCCc1ccn(-c2ccccc2)n1)c1ccccc1-c1ccccc1. The van der Waals surface area contributed by atoms with Crippen LogP contribution in [0.2, 0.25) is 0 Å². The lowest BCUT2D eigenvalue weighted by Gasteiger charge is -2.10. The molecule has 1 aromatic heterocycles. The molecule has 0 atom stereocenters. The predicted octanol–water partition coefficient (Wildman–Crippen LogP) is 4.51. The molecule has 0 aliphatic heterocycles. The minimum Gasteiger partial charge on any atom is -0.352 e. The number of aromatic nitrogens is 2. The number of nitrogens with zero attached hydrogens (tertiary/aromatic N) is 2. The van der Waals surface area contributed by atoms with Crippen LogP contribution in [-0.4, -0.2) is 22.2 Å². The maximum Gasteiger partial charge on any atom is 0.251 e. The van der Waals surface area contributed by atoms with Gasteiger partial charge in [-0.05, 0) is 35.4 Å². The molecule has 138 valence electrons. The molecule has 28 heavy (non-hydrogen) atoms. The minimum atomic E-state index is -0.0676. The molecule has 1 heterocycles. The van der Waals surface area contributed by atoms with Crippen molar-refractivity contribution in [1.29, 1.82) is 0 Å². The number of amides is 1. The highest BCUT2D eigenvalue weighted by Gasteiger charge is 2.12. The minimum absolute atomic E-state index is 0.0676. The summed E-state index contributed by atoms with van der Waals surface area (Å²) in [6.45, 7) is 0.535. The Kier molecular flexibility index (Phi) is 5.29. The van der Waals surface area contributed by atoms with Gasteiger partial charge in [-0.15, -0.1) is 0 Å². The average molecular weight is 367 g/mol. The van der Waals surface area contributed by atoms with Crippen LogP contribution in [0.4, 0.5) is 0 Å². The van der Waals surface area contributed by atoms with Crippen molar-refractivity contribution in [2.75, 3.05) is 6.54 Å². The van der Waals surface area contributed by atoms with Crippen molar-refractivity contribution in [3.8, 4) is 16.8 Å². The van der Waals surface area contributed by atoms with Crippen molar-refractivity contribution < 1.29 is 4.79 Å². The van der Waals surface area contributed by atoms with Gasteiger partial charge in [0.25, 0.3) is 5.91 Å². The lowest BCUT2D eigenvalue weighted by molar-refractivity contribution is 0.0954. The van der Waals surface area contributed by atoms with Crippen molar-refractivity contribution in [3.63, 3.8) is 0 Å². The van der Waals surface area contributed by atoms with Crippen molar-refractivity contribution in [1.82, 2.24) is 15.1 Å². The lowest BCUT2D eigenvalue weighted by atomic mass is 9.99. The fourth-order valence-electron chi connectivity index (χ4n) is 3.17. The number of rotatable bonds is 6. The van der Waals surface area contributed by atoms with Gasteiger partial charge in [0, 0.05) is 24.7 Å². The van der Waals surface area contributed by atoms with E-state index in [-0.39, 0.29) is 5.91 Å². The third kappa shape index (κ3) is 4.01. The Bertz CT molecular complexity index is 1060. The van der Waals surface area contributed by atoms with Gasteiger partial charge in [-0.25, -0.2) is 4.68 Å². The number of benzene rings is 3. The Hall–Kier alpha value is -3.66. The van der Waals surface area contributed by atoms with Gasteiger partial charge in [0.15, 0.2) is 0 Å². The van der Waals surface area contributed by atoms with Crippen molar-refractivity contribution in [2.24, 2.45) is 0 Å². The molecular formula is C24H21N3O. The van der Waals surface area contributed by atoms with Crippen molar-refractivity contribution in [3.05, 3.63) is 108 Å². The number of carbonyl (C=O) groups is 1. The second kappa shape index (κ2) is 8.35. The van der Waals surface area contributed by atoms with Gasteiger partial charge in [0.2, 0.25) is 0 Å². The van der Waals surface area contributed by atoms with E-state index in [1.807, 2.05) is 102 Å². The second-order valence-corrected chi connectivity index (χ2v) is 6.50. The molecule has 1 N–H and O–H groups in total. The van der Waals surface area contributed by atoms with E-state index in [4.69, 9.17) is 0 Å². The zero-order valence-corrected chi connectivity index (χ0v) is 15.5. The zero-order valence-electron chi connectivity index (χ0n) is 15.5. The summed E-state index contributed by atoms with van der Waals surface area (Å²) < 4.78 is 1.85. The predicted molar refractivity (Wildman–Crippen MR) is 111 cm³/mol. The highest BCUT2D eigenvalue weighted by Crippen LogP contribution is 2.23. The normalized spacial score (nSPS) is 10.6. The van der Waals surface area contributed by atoms with Crippen LogP contribution in [0.3, 0.4) is 0 Å².